The second kappa shape index (κ2) is 13.4. The predicted molar refractivity (Wildman–Crippen MR) is 205 cm³/mol. The minimum atomic E-state index is -1.14. The normalized spacial score (nSPS) is 37.7. The van der Waals surface area contributed by atoms with E-state index < -0.39 is 23.9 Å². The standard InChI is InChI=1S/C46H58O8/c1-27(2)28-18-23-46(26-53-40(51)31-14-10-8-12-29(31)38(47)48)25-24-44(6)33(37(28)46)16-17-35-43(5)21-20-36(42(3,4)34(43)19-22-45(35,44)7)54-41(52)32-15-11-9-13-30(32)39(49)50/h8-15,28,33-37H,1,16-26H2,2-7H3,(H,47,48)(H,49,50)/t28?,33?,34?,35?,36?,37?,43?,44-,45-,46?/m1/s1. The molecule has 0 bridgehead atoms. The minimum Gasteiger partial charge on any atom is -0.478 e. The zero-order chi connectivity index (χ0) is 39.0. The maximum atomic E-state index is 13.5. The van der Waals surface area contributed by atoms with Gasteiger partial charge in [0.15, 0.2) is 0 Å². The van der Waals surface area contributed by atoms with Crippen LogP contribution in [0.5, 0.6) is 0 Å². The van der Waals surface area contributed by atoms with Gasteiger partial charge >= 0.3 is 23.9 Å². The smallest absolute Gasteiger partial charge is 0.339 e. The summed E-state index contributed by atoms with van der Waals surface area (Å²) in [6.45, 7) is 19.1. The zero-order valence-electron chi connectivity index (χ0n) is 32.9. The van der Waals surface area contributed by atoms with Crippen LogP contribution in [0.25, 0.3) is 0 Å². The highest BCUT2D eigenvalue weighted by Gasteiger charge is 2.71. The molecule has 0 radical (unpaired) electrons. The largest absolute Gasteiger partial charge is 0.478 e. The van der Waals surface area contributed by atoms with Crippen LogP contribution in [0.3, 0.4) is 0 Å². The Kier molecular flexibility index (Phi) is 9.49. The lowest BCUT2D eigenvalue weighted by Gasteiger charge is -2.73. The van der Waals surface area contributed by atoms with Crippen molar-refractivity contribution in [2.45, 2.75) is 112 Å². The van der Waals surface area contributed by atoms with Gasteiger partial charge < -0.3 is 19.7 Å². The number of aromatic carboxylic acids is 2. The van der Waals surface area contributed by atoms with Crippen LogP contribution in [-0.2, 0) is 9.47 Å². The van der Waals surface area contributed by atoms with Gasteiger partial charge in [-0.25, -0.2) is 19.2 Å². The first-order chi connectivity index (χ1) is 25.4. The monoisotopic (exact) mass is 738 g/mol. The van der Waals surface area contributed by atoms with Crippen LogP contribution in [0.4, 0.5) is 0 Å². The Morgan fingerprint density at radius 1 is 0.685 bits per heavy atom. The molecule has 8 nitrogen and oxygen atoms in total. The van der Waals surface area contributed by atoms with E-state index >= 15 is 0 Å². The van der Waals surface area contributed by atoms with Crippen LogP contribution in [0.2, 0.25) is 0 Å². The second-order valence-corrected chi connectivity index (χ2v) is 19.1. The Balaban J connectivity index is 1.14. The van der Waals surface area contributed by atoms with Crippen LogP contribution >= 0.6 is 0 Å². The number of carboxylic acids is 2. The van der Waals surface area contributed by atoms with E-state index in [1.165, 1.54) is 17.7 Å². The SMILES string of the molecule is C=C(C)C1CCC2(COC(=O)c3ccccc3C(=O)O)CC[C@]3(C)C(CCC4C5(C)CCC(OC(=O)c6ccccc6C(=O)O)C(C)(C)C5CC[C@]43C)C12. The van der Waals surface area contributed by atoms with E-state index in [4.69, 9.17) is 9.47 Å². The Bertz CT molecular complexity index is 1880. The zero-order valence-corrected chi connectivity index (χ0v) is 32.9. The number of hydrogen-bond acceptors (Lipinski definition) is 6. The van der Waals surface area contributed by atoms with Crippen molar-refractivity contribution in [3.8, 4) is 0 Å². The average Bonchev–Trinajstić information content (AvgIpc) is 3.52. The molecule has 2 N–H and O–H groups in total. The first kappa shape index (κ1) is 38.3. The molecule has 8 unspecified atom stereocenters. The molecule has 5 aliphatic carbocycles. The summed E-state index contributed by atoms with van der Waals surface area (Å²) in [7, 11) is 0. The average molecular weight is 739 g/mol. The molecule has 5 fully saturated rings. The van der Waals surface area contributed by atoms with Crippen LogP contribution in [0.1, 0.15) is 147 Å². The first-order valence-electron chi connectivity index (χ1n) is 20.1. The molecule has 0 aromatic heterocycles. The van der Waals surface area contributed by atoms with Crippen molar-refractivity contribution in [2.24, 2.45) is 56.7 Å². The van der Waals surface area contributed by atoms with Gasteiger partial charge in [0, 0.05) is 10.8 Å². The van der Waals surface area contributed by atoms with Gasteiger partial charge in [-0.3, -0.25) is 0 Å². The third-order valence-electron chi connectivity index (χ3n) is 16.7. The van der Waals surface area contributed by atoms with E-state index in [0.717, 1.165) is 64.2 Å². The van der Waals surface area contributed by atoms with E-state index in [9.17, 15) is 29.4 Å². The Labute approximate surface area is 320 Å². The highest BCUT2D eigenvalue weighted by Crippen LogP contribution is 2.77. The molecule has 0 saturated heterocycles. The molecule has 0 aliphatic heterocycles. The molecule has 5 saturated carbocycles. The lowest BCUT2D eigenvalue weighted by molar-refractivity contribution is -0.249. The van der Waals surface area contributed by atoms with Crippen LogP contribution < -0.4 is 0 Å². The number of ether oxygens (including phenoxy) is 2. The number of esters is 2. The van der Waals surface area contributed by atoms with Gasteiger partial charge in [-0.2, -0.15) is 0 Å². The summed E-state index contributed by atoms with van der Waals surface area (Å²) >= 11 is 0. The van der Waals surface area contributed by atoms with Gasteiger partial charge in [0.1, 0.15) is 6.10 Å². The van der Waals surface area contributed by atoms with Crippen molar-refractivity contribution < 1.29 is 38.9 Å². The summed E-state index contributed by atoms with van der Waals surface area (Å²) in [6.07, 6.45) is 9.77. The van der Waals surface area contributed by atoms with Crippen molar-refractivity contribution >= 4 is 23.9 Å². The summed E-state index contributed by atoms with van der Waals surface area (Å²) in [5.41, 5.74) is 1.09. The number of carbonyl (C=O) groups is 4. The van der Waals surface area contributed by atoms with Crippen LogP contribution in [-0.4, -0.2) is 46.8 Å². The number of benzene rings is 2. The van der Waals surface area contributed by atoms with Crippen LogP contribution in [0.15, 0.2) is 60.7 Å². The number of carbonyl (C=O) groups excluding carboxylic acids is 2. The van der Waals surface area contributed by atoms with Gasteiger partial charge in [0.2, 0.25) is 0 Å². The lowest BCUT2D eigenvalue weighted by atomic mass is 9.32. The molecular formula is C46H58O8. The number of allylic oxidation sites excluding steroid dienone is 1. The van der Waals surface area contributed by atoms with Crippen molar-refractivity contribution in [1.29, 1.82) is 0 Å². The molecule has 2 aromatic carbocycles. The van der Waals surface area contributed by atoms with Crippen molar-refractivity contribution in [3.05, 3.63) is 82.9 Å². The maximum absolute atomic E-state index is 13.5. The third kappa shape index (κ3) is 5.67. The van der Waals surface area contributed by atoms with Gasteiger partial charge in [-0.1, -0.05) is 71.0 Å². The Morgan fingerprint density at radius 3 is 1.87 bits per heavy atom. The fourth-order valence-electron chi connectivity index (χ4n) is 13.9. The molecule has 0 spiro atoms. The highest BCUT2D eigenvalue weighted by molar-refractivity contribution is 6.03. The number of hydrogen-bond donors (Lipinski definition) is 2. The van der Waals surface area contributed by atoms with E-state index in [2.05, 4.69) is 48.1 Å². The molecule has 5 aliphatic rings. The number of rotatable bonds is 8. The minimum absolute atomic E-state index is 0.0336. The van der Waals surface area contributed by atoms with Gasteiger partial charge in [0.25, 0.3) is 0 Å². The summed E-state index contributed by atoms with van der Waals surface area (Å²) in [4.78, 5) is 50.7. The molecule has 290 valence electrons. The van der Waals surface area contributed by atoms with Gasteiger partial charge in [0.05, 0.1) is 28.9 Å². The summed E-state index contributed by atoms with van der Waals surface area (Å²) in [6, 6.07) is 12.6. The number of fused-ring (bicyclic) bond motifs is 7. The molecular weight excluding hydrogens is 680 g/mol. The van der Waals surface area contributed by atoms with Crippen LogP contribution in [0, 0.1) is 56.7 Å². The van der Waals surface area contributed by atoms with Gasteiger partial charge in [-0.05, 0) is 141 Å². The summed E-state index contributed by atoms with van der Waals surface area (Å²) in [5, 5.41) is 19.5. The lowest BCUT2D eigenvalue weighted by Crippen LogP contribution is -2.67. The third-order valence-corrected chi connectivity index (χ3v) is 16.7. The summed E-state index contributed by atoms with van der Waals surface area (Å²) in [5.74, 6) is -1.43. The number of carboxylic acid groups (broad SMARTS) is 2. The van der Waals surface area contributed by atoms with E-state index in [1.54, 1.807) is 36.4 Å². The van der Waals surface area contributed by atoms with E-state index in [0.29, 0.717) is 36.2 Å². The second-order valence-electron chi connectivity index (χ2n) is 19.1. The quantitative estimate of drug-likeness (QED) is 0.202. The summed E-state index contributed by atoms with van der Waals surface area (Å²) < 4.78 is 12.4. The fourth-order valence-corrected chi connectivity index (χ4v) is 13.9. The molecule has 0 amide bonds. The Hall–Kier alpha value is -3.94. The Morgan fingerprint density at radius 2 is 1.28 bits per heavy atom. The molecule has 54 heavy (non-hydrogen) atoms. The molecule has 8 heteroatoms. The highest BCUT2D eigenvalue weighted by atomic mass is 16.5. The topological polar surface area (TPSA) is 127 Å². The molecule has 2 aromatic rings. The molecule has 0 heterocycles. The maximum Gasteiger partial charge on any atom is 0.339 e. The molecule has 10 atom stereocenters. The van der Waals surface area contributed by atoms with E-state index in [1.807, 2.05) is 0 Å². The molecule has 7 rings (SSSR count). The van der Waals surface area contributed by atoms with Gasteiger partial charge in [-0.15, -0.1) is 0 Å². The van der Waals surface area contributed by atoms with Crippen molar-refractivity contribution in [2.75, 3.05) is 6.61 Å². The van der Waals surface area contributed by atoms with Crippen molar-refractivity contribution in [3.63, 3.8) is 0 Å². The van der Waals surface area contributed by atoms with Crippen molar-refractivity contribution in [1.82, 2.24) is 0 Å². The first-order valence-corrected chi connectivity index (χ1v) is 20.1. The fraction of sp³-hybridized carbons (Fsp3) is 0.609. The van der Waals surface area contributed by atoms with E-state index in [-0.39, 0.29) is 55.4 Å². The predicted octanol–water partition coefficient (Wildman–Crippen LogP) is 10.1.